The molecule has 0 spiro atoms. The third-order valence-corrected chi connectivity index (χ3v) is 7.16. The van der Waals surface area contributed by atoms with Crippen molar-refractivity contribution in [2.75, 3.05) is 0 Å². The van der Waals surface area contributed by atoms with Crippen LogP contribution in [0.15, 0.2) is 152 Å². The molecule has 0 atom stereocenters. The second kappa shape index (κ2) is 10.4. The predicted molar refractivity (Wildman–Crippen MR) is 165 cm³/mol. The topological polar surface area (TPSA) is 38.7 Å². The van der Waals surface area contributed by atoms with Crippen LogP contribution in [-0.4, -0.2) is 15.0 Å². The molecule has 7 rings (SSSR count). The molecular formula is C37H25N3. The van der Waals surface area contributed by atoms with E-state index in [9.17, 15) is 0 Å². The Morgan fingerprint density at radius 1 is 0.375 bits per heavy atom. The molecule has 40 heavy (non-hydrogen) atoms. The zero-order valence-electron chi connectivity index (χ0n) is 21.8. The molecule has 188 valence electrons. The maximum absolute atomic E-state index is 5.05. The molecule has 5 aromatic carbocycles. The summed E-state index contributed by atoms with van der Waals surface area (Å²) in [6.07, 6.45) is 3.85. The molecule has 2 heterocycles. The molecule has 3 nitrogen and oxygen atoms in total. The van der Waals surface area contributed by atoms with Gasteiger partial charge in [-0.15, -0.1) is 0 Å². The van der Waals surface area contributed by atoms with E-state index >= 15 is 0 Å². The second-order valence-corrected chi connectivity index (χ2v) is 9.76. The van der Waals surface area contributed by atoms with Crippen LogP contribution in [0.3, 0.4) is 0 Å². The van der Waals surface area contributed by atoms with E-state index in [2.05, 4.69) is 114 Å². The molecule has 0 aliphatic heterocycles. The third kappa shape index (κ3) is 4.65. The number of aromatic nitrogens is 3. The maximum Gasteiger partial charge on any atom is 0.160 e. The molecule has 2 aromatic heterocycles. The lowest BCUT2D eigenvalue weighted by Crippen LogP contribution is -1.96. The van der Waals surface area contributed by atoms with Crippen LogP contribution in [0.1, 0.15) is 0 Å². The maximum atomic E-state index is 5.05. The van der Waals surface area contributed by atoms with Crippen molar-refractivity contribution in [1.29, 1.82) is 0 Å². The molecule has 0 radical (unpaired) electrons. The van der Waals surface area contributed by atoms with Gasteiger partial charge in [-0.3, -0.25) is 4.98 Å². The minimum absolute atomic E-state index is 0.704. The Hall–Kier alpha value is -5.41. The number of pyridine rings is 1. The summed E-state index contributed by atoms with van der Waals surface area (Å²) in [5.41, 5.74) is 9.38. The Morgan fingerprint density at radius 2 is 0.925 bits per heavy atom. The van der Waals surface area contributed by atoms with E-state index in [1.165, 1.54) is 10.9 Å². The normalized spacial score (nSPS) is 11.0. The van der Waals surface area contributed by atoms with Gasteiger partial charge < -0.3 is 0 Å². The smallest absolute Gasteiger partial charge is 0.160 e. The fourth-order valence-electron chi connectivity index (χ4n) is 5.14. The monoisotopic (exact) mass is 511 g/mol. The van der Waals surface area contributed by atoms with Crippen molar-refractivity contribution in [2.24, 2.45) is 0 Å². The second-order valence-electron chi connectivity index (χ2n) is 9.76. The lowest BCUT2D eigenvalue weighted by Gasteiger charge is -2.12. The van der Waals surface area contributed by atoms with Crippen molar-refractivity contribution in [3.8, 4) is 56.2 Å². The zero-order valence-corrected chi connectivity index (χ0v) is 21.8. The highest BCUT2D eigenvalue weighted by atomic mass is 14.9. The number of fused-ring (bicyclic) bond motifs is 1. The van der Waals surface area contributed by atoms with Crippen molar-refractivity contribution in [2.45, 2.75) is 0 Å². The molecule has 0 unspecified atom stereocenters. The van der Waals surface area contributed by atoms with E-state index in [1.807, 2.05) is 42.7 Å². The summed E-state index contributed by atoms with van der Waals surface area (Å²) < 4.78 is 0. The van der Waals surface area contributed by atoms with Gasteiger partial charge in [-0.2, -0.15) is 0 Å². The van der Waals surface area contributed by atoms with E-state index < -0.39 is 0 Å². The summed E-state index contributed by atoms with van der Waals surface area (Å²) >= 11 is 0. The van der Waals surface area contributed by atoms with Gasteiger partial charge in [0.1, 0.15) is 0 Å². The van der Waals surface area contributed by atoms with Gasteiger partial charge in [-0.1, -0.05) is 121 Å². The first-order valence-corrected chi connectivity index (χ1v) is 13.4. The molecule has 0 amide bonds. The molecule has 0 fully saturated rings. The first-order chi connectivity index (χ1) is 19.8. The van der Waals surface area contributed by atoms with Gasteiger partial charge in [0.2, 0.25) is 0 Å². The van der Waals surface area contributed by atoms with Crippen molar-refractivity contribution in [3.63, 3.8) is 0 Å². The summed E-state index contributed by atoms with van der Waals surface area (Å²) in [6, 6.07) is 48.2. The molecular weight excluding hydrogens is 486 g/mol. The van der Waals surface area contributed by atoms with Gasteiger partial charge in [0.25, 0.3) is 0 Å². The van der Waals surface area contributed by atoms with Gasteiger partial charge >= 0.3 is 0 Å². The fraction of sp³-hybridized carbons (Fsp3) is 0. The largest absolute Gasteiger partial charge is 0.263 e. The minimum Gasteiger partial charge on any atom is -0.263 e. The lowest BCUT2D eigenvalue weighted by atomic mass is 9.97. The number of nitrogens with zero attached hydrogens (tertiary/aromatic N) is 3. The third-order valence-electron chi connectivity index (χ3n) is 7.16. The number of hydrogen-bond acceptors (Lipinski definition) is 3. The molecule has 3 heteroatoms. The van der Waals surface area contributed by atoms with Crippen molar-refractivity contribution >= 4 is 10.8 Å². The predicted octanol–water partition coefficient (Wildman–Crippen LogP) is 9.36. The Labute approximate surface area is 233 Å². The van der Waals surface area contributed by atoms with Gasteiger partial charge in [0.05, 0.1) is 11.4 Å². The fourth-order valence-corrected chi connectivity index (χ4v) is 5.14. The van der Waals surface area contributed by atoms with Crippen LogP contribution in [0, 0.1) is 0 Å². The number of rotatable bonds is 5. The molecule has 0 saturated carbocycles. The van der Waals surface area contributed by atoms with Gasteiger partial charge in [-0.25, -0.2) is 9.97 Å². The van der Waals surface area contributed by atoms with Crippen molar-refractivity contribution in [1.82, 2.24) is 15.0 Å². The van der Waals surface area contributed by atoms with Crippen LogP contribution in [-0.2, 0) is 0 Å². The standard InChI is InChI=1S/C37H25N3/c1-3-11-26(12-4-1)28-16-9-18-30(21-28)35-23-36(40-37(39-35)27-13-5-2-6-14-27)31-19-10-17-29(22-31)34-25-38-24-32-15-7-8-20-33(32)34/h1-25H. The van der Waals surface area contributed by atoms with E-state index in [0.29, 0.717) is 5.82 Å². The van der Waals surface area contributed by atoms with Gasteiger partial charge in [0, 0.05) is 40.0 Å². The summed E-state index contributed by atoms with van der Waals surface area (Å²) in [7, 11) is 0. The quantitative estimate of drug-likeness (QED) is 0.231. The molecule has 0 saturated heterocycles. The molecule has 0 aliphatic carbocycles. The van der Waals surface area contributed by atoms with Crippen molar-refractivity contribution < 1.29 is 0 Å². The Morgan fingerprint density at radius 3 is 1.65 bits per heavy atom. The van der Waals surface area contributed by atoms with Gasteiger partial charge in [-0.05, 0) is 40.3 Å². The van der Waals surface area contributed by atoms with Gasteiger partial charge in [0.15, 0.2) is 5.82 Å². The van der Waals surface area contributed by atoms with Crippen LogP contribution < -0.4 is 0 Å². The van der Waals surface area contributed by atoms with E-state index in [-0.39, 0.29) is 0 Å². The Bertz CT molecular complexity index is 1940. The average molecular weight is 512 g/mol. The minimum atomic E-state index is 0.704. The molecule has 7 aromatic rings. The average Bonchev–Trinajstić information content (AvgIpc) is 3.05. The highest BCUT2D eigenvalue weighted by Crippen LogP contribution is 2.33. The Kier molecular flexibility index (Phi) is 6.15. The highest BCUT2D eigenvalue weighted by molar-refractivity contribution is 5.96. The zero-order chi connectivity index (χ0) is 26.7. The van der Waals surface area contributed by atoms with Crippen LogP contribution in [0.2, 0.25) is 0 Å². The lowest BCUT2D eigenvalue weighted by molar-refractivity contribution is 1.18. The molecule has 0 N–H and O–H groups in total. The van der Waals surface area contributed by atoms with E-state index in [0.717, 1.165) is 50.2 Å². The summed E-state index contributed by atoms with van der Waals surface area (Å²) in [4.78, 5) is 14.6. The van der Waals surface area contributed by atoms with Crippen molar-refractivity contribution in [3.05, 3.63) is 152 Å². The Balaban J connectivity index is 1.38. The SMILES string of the molecule is c1ccc(-c2cccc(-c3cc(-c4cccc(-c5cncc6ccccc56)c4)nc(-c4ccccc4)n3)c2)cc1. The van der Waals surface area contributed by atoms with E-state index in [4.69, 9.17) is 9.97 Å². The number of benzene rings is 5. The molecule has 0 aliphatic rings. The van der Waals surface area contributed by atoms with Crippen LogP contribution in [0.5, 0.6) is 0 Å². The highest BCUT2D eigenvalue weighted by Gasteiger charge is 2.13. The first-order valence-electron chi connectivity index (χ1n) is 13.4. The van der Waals surface area contributed by atoms with E-state index in [1.54, 1.807) is 0 Å². The molecule has 0 bridgehead atoms. The van der Waals surface area contributed by atoms with Crippen LogP contribution in [0.4, 0.5) is 0 Å². The van der Waals surface area contributed by atoms with Crippen LogP contribution in [0.25, 0.3) is 66.9 Å². The summed E-state index contributed by atoms with van der Waals surface area (Å²) in [5, 5.41) is 2.31. The summed E-state index contributed by atoms with van der Waals surface area (Å²) in [6.45, 7) is 0. The number of hydrogen-bond donors (Lipinski definition) is 0. The van der Waals surface area contributed by atoms with Crippen LogP contribution >= 0.6 is 0 Å². The summed E-state index contributed by atoms with van der Waals surface area (Å²) in [5.74, 6) is 0.704. The first kappa shape index (κ1) is 23.7.